The first-order valence-corrected chi connectivity index (χ1v) is 4.17. The highest BCUT2D eigenvalue weighted by Gasteiger charge is 2.36. The number of nitrogens with one attached hydrogen (secondary N) is 1. The van der Waals surface area contributed by atoms with Crippen LogP contribution in [0.5, 0.6) is 0 Å². The predicted octanol–water partition coefficient (Wildman–Crippen LogP) is -1.03. The Kier molecular flexibility index (Phi) is 2.00. The lowest BCUT2D eigenvalue weighted by atomic mass is 10.3. The molecule has 0 bridgehead atoms. The van der Waals surface area contributed by atoms with Crippen LogP contribution in [0.4, 0.5) is 0 Å². The summed E-state index contributed by atoms with van der Waals surface area (Å²) < 4.78 is 4.64. The maximum atomic E-state index is 11.1. The number of hydrazine groups is 2. The quantitative estimate of drug-likeness (QED) is 0.511. The van der Waals surface area contributed by atoms with E-state index in [1.54, 1.807) is 0 Å². The SMILES string of the molecule is COC(=O)C1CN2CCCN2N1. The van der Waals surface area contributed by atoms with Crippen molar-refractivity contribution >= 4 is 5.97 Å². The van der Waals surface area contributed by atoms with E-state index in [1.165, 1.54) is 13.5 Å². The number of esters is 1. The number of rotatable bonds is 1. The summed E-state index contributed by atoms with van der Waals surface area (Å²) in [6.07, 6.45) is 1.17. The van der Waals surface area contributed by atoms with Crippen molar-refractivity contribution in [3.63, 3.8) is 0 Å². The van der Waals surface area contributed by atoms with Crippen LogP contribution in [0.1, 0.15) is 6.42 Å². The van der Waals surface area contributed by atoms with Crippen LogP contribution in [0, 0.1) is 0 Å². The lowest BCUT2D eigenvalue weighted by Gasteiger charge is -2.15. The van der Waals surface area contributed by atoms with E-state index in [0.717, 1.165) is 19.6 Å². The largest absolute Gasteiger partial charge is 0.468 e. The number of carbonyl (C=O) groups excluding carboxylic acids is 1. The van der Waals surface area contributed by atoms with Crippen molar-refractivity contribution in [3.8, 4) is 0 Å². The van der Waals surface area contributed by atoms with Crippen LogP contribution in [-0.4, -0.2) is 48.9 Å². The van der Waals surface area contributed by atoms with Crippen molar-refractivity contribution in [1.29, 1.82) is 0 Å². The predicted molar refractivity (Wildman–Crippen MR) is 41.8 cm³/mol. The summed E-state index contributed by atoms with van der Waals surface area (Å²) in [4.78, 5) is 11.1. The summed E-state index contributed by atoms with van der Waals surface area (Å²) in [5.74, 6) is -0.176. The van der Waals surface area contributed by atoms with Crippen molar-refractivity contribution < 1.29 is 9.53 Å². The van der Waals surface area contributed by atoms with E-state index in [0.29, 0.717) is 0 Å². The first-order valence-electron chi connectivity index (χ1n) is 4.17. The fraction of sp³-hybridized carbons (Fsp3) is 0.857. The number of methoxy groups -OCH3 is 1. The Morgan fingerprint density at radius 1 is 1.58 bits per heavy atom. The molecule has 2 saturated heterocycles. The van der Waals surface area contributed by atoms with Gasteiger partial charge in [0.05, 0.1) is 7.11 Å². The zero-order chi connectivity index (χ0) is 8.55. The van der Waals surface area contributed by atoms with E-state index in [4.69, 9.17) is 0 Å². The highest BCUT2D eigenvalue weighted by Crippen LogP contribution is 2.14. The summed E-state index contributed by atoms with van der Waals surface area (Å²) in [7, 11) is 1.42. The molecule has 0 radical (unpaired) electrons. The number of hydrogen-bond donors (Lipinski definition) is 1. The van der Waals surface area contributed by atoms with E-state index in [-0.39, 0.29) is 12.0 Å². The van der Waals surface area contributed by atoms with Crippen LogP contribution in [0.25, 0.3) is 0 Å². The number of fused-ring (bicyclic) bond motifs is 1. The standard InChI is InChI=1S/C7H13N3O2/c1-12-7(11)6-5-9-3-2-4-10(9)8-6/h6,8H,2-5H2,1H3. The van der Waals surface area contributed by atoms with Crippen molar-refractivity contribution in [2.45, 2.75) is 12.5 Å². The zero-order valence-corrected chi connectivity index (χ0v) is 7.12. The minimum absolute atomic E-state index is 0.171. The third-order valence-electron chi connectivity index (χ3n) is 2.31. The van der Waals surface area contributed by atoms with Crippen LogP contribution in [0.15, 0.2) is 0 Å². The maximum Gasteiger partial charge on any atom is 0.325 e. The average Bonchev–Trinajstić information content (AvgIpc) is 2.60. The van der Waals surface area contributed by atoms with Crippen molar-refractivity contribution in [2.75, 3.05) is 26.7 Å². The van der Waals surface area contributed by atoms with Crippen LogP contribution in [-0.2, 0) is 9.53 Å². The van der Waals surface area contributed by atoms with Crippen LogP contribution < -0.4 is 5.43 Å². The zero-order valence-electron chi connectivity index (χ0n) is 7.12. The highest BCUT2D eigenvalue weighted by molar-refractivity contribution is 5.76. The Hall–Kier alpha value is -0.650. The third kappa shape index (κ3) is 1.20. The van der Waals surface area contributed by atoms with Crippen molar-refractivity contribution in [3.05, 3.63) is 0 Å². The molecule has 2 rings (SSSR count). The Morgan fingerprint density at radius 3 is 3.08 bits per heavy atom. The summed E-state index contributed by atoms with van der Waals surface area (Å²) in [6.45, 7) is 2.78. The topological polar surface area (TPSA) is 44.8 Å². The van der Waals surface area contributed by atoms with E-state index < -0.39 is 0 Å². The molecule has 1 atom stereocenters. The number of nitrogens with zero attached hydrogens (tertiary/aromatic N) is 2. The monoisotopic (exact) mass is 171 g/mol. The van der Waals surface area contributed by atoms with Gasteiger partial charge in [0.1, 0.15) is 6.04 Å². The van der Waals surface area contributed by atoms with Gasteiger partial charge in [0.15, 0.2) is 0 Å². The van der Waals surface area contributed by atoms with Gasteiger partial charge < -0.3 is 4.74 Å². The first kappa shape index (κ1) is 7.97. The van der Waals surface area contributed by atoms with Gasteiger partial charge in [-0.05, 0) is 6.42 Å². The molecule has 0 aromatic rings. The number of ether oxygens (including phenoxy) is 1. The van der Waals surface area contributed by atoms with Gasteiger partial charge in [-0.2, -0.15) is 5.12 Å². The Balaban J connectivity index is 1.94. The summed E-state index contributed by atoms with van der Waals surface area (Å²) in [5.41, 5.74) is 3.09. The normalized spacial score (nSPS) is 30.6. The molecular weight excluding hydrogens is 158 g/mol. The molecule has 2 heterocycles. The molecule has 0 aromatic carbocycles. The molecule has 2 aliphatic rings. The van der Waals surface area contributed by atoms with Gasteiger partial charge in [-0.3, -0.25) is 4.79 Å². The molecule has 0 aliphatic carbocycles. The maximum absolute atomic E-state index is 11.1. The summed E-state index contributed by atoms with van der Waals surface area (Å²) >= 11 is 0. The lowest BCUT2D eigenvalue weighted by molar-refractivity contribution is -0.142. The molecular formula is C7H13N3O2. The van der Waals surface area contributed by atoms with Gasteiger partial charge >= 0.3 is 5.97 Å². The minimum Gasteiger partial charge on any atom is -0.468 e. The Morgan fingerprint density at radius 2 is 2.42 bits per heavy atom. The molecule has 0 aromatic heterocycles. The molecule has 1 N–H and O–H groups in total. The Labute approximate surface area is 71.2 Å². The van der Waals surface area contributed by atoms with E-state index in [9.17, 15) is 4.79 Å². The van der Waals surface area contributed by atoms with Crippen molar-refractivity contribution in [1.82, 2.24) is 15.6 Å². The Bertz CT molecular complexity index is 185. The van der Waals surface area contributed by atoms with Crippen molar-refractivity contribution in [2.24, 2.45) is 0 Å². The first-order chi connectivity index (χ1) is 5.81. The van der Waals surface area contributed by atoms with Crippen LogP contribution in [0.2, 0.25) is 0 Å². The molecule has 1 unspecified atom stereocenters. The van der Waals surface area contributed by atoms with E-state index >= 15 is 0 Å². The number of carbonyl (C=O) groups is 1. The molecule has 68 valence electrons. The van der Waals surface area contributed by atoms with Gasteiger partial charge in [0, 0.05) is 19.6 Å². The van der Waals surface area contributed by atoms with Gasteiger partial charge in [-0.15, -0.1) is 0 Å². The second kappa shape index (κ2) is 3.01. The molecule has 0 spiro atoms. The highest BCUT2D eigenvalue weighted by atomic mass is 16.5. The smallest absolute Gasteiger partial charge is 0.325 e. The summed E-state index contributed by atoms with van der Waals surface area (Å²) in [6, 6.07) is -0.171. The lowest BCUT2D eigenvalue weighted by Crippen LogP contribution is -2.41. The van der Waals surface area contributed by atoms with Gasteiger partial charge in [0.25, 0.3) is 0 Å². The van der Waals surface area contributed by atoms with E-state index in [2.05, 4.69) is 15.2 Å². The van der Waals surface area contributed by atoms with Crippen LogP contribution >= 0.6 is 0 Å². The second-order valence-corrected chi connectivity index (χ2v) is 3.09. The van der Waals surface area contributed by atoms with Crippen LogP contribution in [0.3, 0.4) is 0 Å². The molecule has 12 heavy (non-hydrogen) atoms. The fourth-order valence-corrected chi connectivity index (χ4v) is 1.70. The van der Waals surface area contributed by atoms with Gasteiger partial charge in [-0.25, -0.2) is 10.4 Å². The average molecular weight is 171 g/mol. The van der Waals surface area contributed by atoms with Gasteiger partial charge in [-0.1, -0.05) is 0 Å². The molecule has 0 amide bonds. The number of hydrogen-bond acceptors (Lipinski definition) is 5. The van der Waals surface area contributed by atoms with Gasteiger partial charge in [0.2, 0.25) is 0 Å². The molecule has 2 fully saturated rings. The molecule has 5 heteroatoms. The molecule has 0 saturated carbocycles. The summed E-state index contributed by atoms with van der Waals surface area (Å²) in [5, 5.41) is 4.14. The molecule has 2 aliphatic heterocycles. The second-order valence-electron chi connectivity index (χ2n) is 3.09. The minimum atomic E-state index is -0.176. The fourth-order valence-electron chi connectivity index (χ4n) is 1.70. The van der Waals surface area contributed by atoms with E-state index in [1.807, 2.05) is 5.12 Å². The third-order valence-corrected chi connectivity index (χ3v) is 2.31. The molecule has 5 nitrogen and oxygen atoms in total.